The third-order valence-electron chi connectivity index (χ3n) is 4.51. The van der Waals surface area contributed by atoms with Crippen LogP contribution in [0, 0.1) is 28.1 Å². The Kier molecular flexibility index (Phi) is 3.63. The van der Waals surface area contributed by atoms with Crippen molar-refractivity contribution >= 4 is 5.91 Å². The normalized spacial score (nSPS) is 23.2. The van der Waals surface area contributed by atoms with Crippen molar-refractivity contribution in [3.8, 4) is 6.07 Å². The van der Waals surface area contributed by atoms with Gasteiger partial charge >= 0.3 is 0 Å². The number of nitrogens with one attached hydrogen (secondary N) is 1. The van der Waals surface area contributed by atoms with Crippen LogP contribution in [-0.2, 0) is 9.53 Å². The minimum Gasteiger partial charge on any atom is -0.377 e. The minimum absolute atomic E-state index is 0.118. The average molecular weight is 250 g/mol. The first-order chi connectivity index (χ1) is 8.50. The van der Waals surface area contributed by atoms with Crippen molar-refractivity contribution in [2.75, 3.05) is 19.8 Å². The Morgan fingerprint density at radius 3 is 2.50 bits per heavy atom. The van der Waals surface area contributed by atoms with Gasteiger partial charge in [0.25, 0.3) is 0 Å². The van der Waals surface area contributed by atoms with E-state index in [0.717, 1.165) is 0 Å². The highest BCUT2D eigenvalue weighted by molar-refractivity contribution is 5.86. The fourth-order valence-electron chi connectivity index (χ4n) is 2.88. The highest BCUT2D eigenvalue weighted by atomic mass is 16.5. The zero-order chi connectivity index (χ0) is 13.2. The summed E-state index contributed by atoms with van der Waals surface area (Å²) >= 11 is 0. The minimum atomic E-state index is -0.925. The topological polar surface area (TPSA) is 62.1 Å². The maximum absolute atomic E-state index is 12.0. The molecule has 4 heteroatoms. The van der Waals surface area contributed by atoms with Crippen molar-refractivity contribution in [1.29, 1.82) is 5.26 Å². The van der Waals surface area contributed by atoms with E-state index in [2.05, 4.69) is 25.2 Å². The van der Waals surface area contributed by atoms with E-state index in [4.69, 9.17) is 10.00 Å². The highest BCUT2D eigenvalue weighted by Gasteiger charge is 2.47. The molecule has 100 valence electrons. The lowest BCUT2D eigenvalue weighted by Gasteiger charge is -2.36. The Bertz CT molecular complexity index is 360. The lowest BCUT2D eigenvalue weighted by molar-refractivity contribution is -0.150. The maximum Gasteiger partial charge on any atom is 0.245 e. The predicted molar refractivity (Wildman–Crippen MR) is 67.6 cm³/mol. The molecule has 0 bridgehead atoms. The molecule has 0 atom stereocenters. The van der Waals surface area contributed by atoms with E-state index in [1.54, 1.807) is 0 Å². The van der Waals surface area contributed by atoms with E-state index >= 15 is 0 Å². The average Bonchev–Trinajstić information content (AvgIpc) is 2.80. The second kappa shape index (κ2) is 4.89. The SMILES string of the molecule is CC(C)(CNC(=O)C1(C#N)COC1)C1CCCC1. The number of ether oxygens (including phenoxy) is 1. The summed E-state index contributed by atoms with van der Waals surface area (Å²) < 4.78 is 5.00. The molecule has 18 heavy (non-hydrogen) atoms. The molecule has 1 amide bonds. The van der Waals surface area contributed by atoms with Crippen LogP contribution < -0.4 is 5.32 Å². The summed E-state index contributed by atoms with van der Waals surface area (Å²) in [5, 5.41) is 12.0. The molecule has 1 saturated carbocycles. The summed E-state index contributed by atoms with van der Waals surface area (Å²) in [4.78, 5) is 12.0. The van der Waals surface area contributed by atoms with Gasteiger partial charge in [-0.1, -0.05) is 26.7 Å². The number of nitriles is 1. The summed E-state index contributed by atoms with van der Waals surface area (Å²) in [6.07, 6.45) is 5.13. The molecule has 4 nitrogen and oxygen atoms in total. The monoisotopic (exact) mass is 250 g/mol. The number of carbonyl (C=O) groups is 1. The van der Waals surface area contributed by atoms with Gasteiger partial charge in [-0.15, -0.1) is 0 Å². The fourth-order valence-corrected chi connectivity index (χ4v) is 2.88. The third-order valence-corrected chi connectivity index (χ3v) is 4.51. The molecule has 1 aliphatic carbocycles. The van der Waals surface area contributed by atoms with Crippen LogP contribution in [-0.4, -0.2) is 25.7 Å². The number of hydrogen-bond donors (Lipinski definition) is 1. The smallest absolute Gasteiger partial charge is 0.245 e. The van der Waals surface area contributed by atoms with Gasteiger partial charge in [-0.05, 0) is 24.2 Å². The van der Waals surface area contributed by atoms with E-state index in [0.29, 0.717) is 12.5 Å². The zero-order valence-electron chi connectivity index (χ0n) is 11.3. The molecule has 1 heterocycles. The van der Waals surface area contributed by atoms with Gasteiger partial charge in [-0.25, -0.2) is 0 Å². The third kappa shape index (κ3) is 2.37. The first-order valence-corrected chi connectivity index (χ1v) is 6.77. The first kappa shape index (κ1) is 13.4. The van der Waals surface area contributed by atoms with Gasteiger partial charge in [0.2, 0.25) is 5.91 Å². The molecule has 0 aromatic rings. The Labute approximate surface area is 109 Å². The van der Waals surface area contributed by atoms with Crippen molar-refractivity contribution in [2.45, 2.75) is 39.5 Å². The Morgan fingerprint density at radius 2 is 2.06 bits per heavy atom. The summed E-state index contributed by atoms with van der Waals surface area (Å²) in [7, 11) is 0. The summed E-state index contributed by atoms with van der Waals surface area (Å²) in [5.74, 6) is 0.524. The molecular formula is C14H22N2O2. The number of hydrogen-bond acceptors (Lipinski definition) is 3. The van der Waals surface area contributed by atoms with Crippen molar-refractivity contribution in [3.63, 3.8) is 0 Å². The fraction of sp³-hybridized carbons (Fsp3) is 0.857. The Hall–Kier alpha value is -1.08. The van der Waals surface area contributed by atoms with Gasteiger partial charge in [0.05, 0.1) is 19.3 Å². The molecule has 0 spiro atoms. The maximum atomic E-state index is 12.0. The van der Waals surface area contributed by atoms with E-state index in [1.807, 2.05) is 0 Å². The zero-order valence-corrected chi connectivity index (χ0v) is 11.3. The highest BCUT2D eigenvalue weighted by Crippen LogP contribution is 2.39. The second-order valence-corrected chi connectivity index (χ2v) is 6.34. The summed E-state index contributed by atoms with van der Waals surface area (Å²) in [6.45, 7) is 5.54. The molecule has 0 aromatic carbocycles. The summed E-state index contributed by atoms with van der Waals surface area (Å²) in [5.41, 5.74) is -0.806. The van der Waals surface area contributed by atoms with Crippen molar-refractivity contribution < 1.29 is 9.53 Å². The van der Waals surface area contributed by atoms with Crippen LogP contribution in [0.1, 0.15) is 39.5 Å². The lowest BCUT2D eigenvalue weighted by atomic mass is 9.77. The van der Waals surface area contributed by atoms with E-state index in [-0.39, 0.29) is 24.5 Å². The van der Waals surface area contributed by atoms with Crippen LogP contribution >= 0.6 is 0 Å². The molecule has 1 saturated heterocycles. The van der Waals surface area contributed by atoms with Gasteiger partial charge in [-0.2, -0.15) is 5.26 Å². The van der Waals surface area contributed by atoms with Gasteiger partial charge in [-0.3, -0.25) is 4.79 Å². The van der Waals surface area contributed by atoms with Gasteiger partial charge < -0.3 is 10.1 Å². The van der Waals surface area contributed by atoms with Crippen molar-refractivity contribution in [2.24, 2.45) is 16.7 Å². The Morgan fingerprint density at radius 1 is 1.44 bits per heavy atom. The molecule has 1 aliphatic heterocycles. The standard InChI is InChI=1S/C14H22N2O2/c1-13(2,11-5-3-4-6-11)8-16-12(17)14(7-15)9-18-10-14/h11H,3-6,8-10H2,1-2H3,(H,16,17). The number of rotatable bonds is 4. The molecule has 2 aliphatic rings. The van der Waals surface area contributed by atoms with Crippen LogP contribution in [0.5, 0.6) is 0 Å². The molecule has 0 unspecified atom stereocenters. The van der Waals surface area contributed by atoms with Gasteiger partial charge in [0, 0.05) is 6.54 Å². The Balaban J connectivity index is 1.87. The van der Waals surface area contributed by atoms with Crippen LogP contribution in [0.15, 0.2) is 0 Å². The van der Waals surface area contributed by atoms with Crippen LogP contribution in [0.2, 0.25) is 0 Å². The molecule has 0 aromatic heterocycles. The number of nitrogens with zero attached hydrogens (tertiary/aromatic N) is 1. The molecule has 1 N–H and O–H groups in total. The largest absolute Gasteiger partial charge is 0.377 e. The summed E-state index contributed by atoms with van der Waals surface area (Å²) in [6, 6.07) is 2.08. The number of carbonyl (C=O) groups excluding carboxylic acids is 1. The molecular weight excluding hydrogens is 228 g/mol. The number of amides is 1. The van der Waals surface area contributed by atoms with E-state index < -0.39 is 5.41 Å². The van der Waals surface area contributed by atoms with Crippen molar-refractivity contribution in [1.82, 2.24) is 5.32 Å². The first-order valence-electron chi connectivity index (χ1n) is 6.77. The van der Waals surface area contributed by atoms with Crippen LogP contribution in [0.3, 0.4) is 0 Å². The quantitative estimate of drug-likeness (QED) is 0.828. The van der Waals surface area contributed by atoms with Crippen LogP contribution in [0.4, 0.5) is 0 Å². The second-order valence-electron chi connectivity index (χ2n) is 6.34. The molecule has 2 fully saturated rings. The predicted octanol–water partition coefficient (Wildman–Crippen LogP) is 1.86. The van der Waals surface area contributed by atoms with E-state index in [1.165, 1.54) is 25.7 Å². The molecule has 2 rings (SSSR count). The van der Waals surface area contributed by atoms with Crippen molar-refractivity contribution in [3.05, 3.63) is 0 Å². The van der Waals surface area contributed by atoms with Gasteiger partial charge in [0.15, 0.2) is 5.41 Å². The van der Waals surface area contributed by atoms with Gasteiger partial charge in [0.1, 0.15) is 0 Å². The van der Waals surface area contributed by atoms with E-state index in [9.17, 15) is 4.79 Å². The van der Waals surface area contributed by atoms with Crippen LogP contribution in [0.25, 0.3) is 0 Å². The molecule has 0 radical (unpaired) electrons. The lowest BCUT2D eigenvalue weighted by Crippen LogP contribution is -2.54.